The summed E-state index contributed by atoms with van der Waals surface area (Å²) in [6.45, 7) is 4.61. The molecule has 0 saturated carbocycles. The molecule has 2 rings (SSSR count). The SMILES string of the molecule is CC(C)[C@@](C)(C#N)NC(=O)COC(=O)c1ccc(S(=O)(=O)Nc2ccccc2)cc1. The van der Waals surface area contributed by atoms with E-state index in [0.29, 0.717) is 5.69 Å². The molecule has 0 spiro atoms. The fourth-order valence-electron chi connectivity index (χ4n) is 2.33. The van der Waals surface area contributed by atoms with Gasteiger partial charge in [-0.25, -0.2) is 13.2 Å². The minimum atomic E-state index is -3.81. The largest absolute Gasteiger partial charge is 0.452 e. The second-order valence-corrected chi connectivity index (χ2v) is 8.77. The molecule has 8 nitrogen and oxygen atoms in total. The van der Waals surface area contributed by atoms with Gasteiger partial charge in [0.05, 0.1) is 16.5 Å². The second kappa shape index (κ2) is 9.41. The monoisotopic (exact) mass is 429 g/mol. The first-order valence-electron chi connectivity index (χ1n) is 9.15. The average molecular weight is 429 g/mol. The molecule has 2 aromatic carbocycles. The van der Waals surface area contributed by atoms with Gasteiger partial charge in [0.2, 0.25) is 0 Å². The van der Waals surface area contributed by atoms with Crippen molar-refractivity contribution in [2.24, 2.45) is 5.92 Å². The number of nitrogens with one attached hydrogen (secondary N) is 2. The molecule has 158 valence electrons. The number of para-hydroxylation sites is 1. The summed E-state index contributed by atoms with van der Waals surface area (Å²) in [4.78, 5) is 24.1. The van der Waals surface area contributed by atoms with Crippen LogP contribution in [-0.2, 0) is 19.6 Å². The van der Waals surface area contributed by atoms with Crippen LogP contribution in [0.4, 0.5) is 5.69 Å². The molecule has 1 amide bonds. The van der Waals surface area contributed by atoms with Crippen molar-refractivity contribution in [3.8, 4) is 6.07 Å². The van der Waals surface area contributed by atoms with Crippen LogP contribution in [0.3, 0.4) is 0 Å². The maximum atomic E-state index is 12.4. The number of hydrogen-bond acceptors (Lipinski definition) is 6. The second-order valence-electron chi connectivity index (χ2n) is 7.09. The van der Waals surface area contributed by atoms with Gasteiger partial charge in [0.25, 0.3) is 15.9 Å². The Kier molecular flexibility index (Phi) is 7.19. The minimum Gasteiger partial charge on any atom is -0.452 e. The molecular weight excluding hydrogens is 406 g/mol. The lowest BCUT2D eigenvalue weighted by Crippen LogP contribution is -2.50. The molecule has 2 aromatic rings. The fraction of sp³-hybridized carbons (Fsp3) is 0.286. The van der Waals surface area contributed by atoms with Crippen LogP contribution in [0.15, 0.2) is 59.5 Å². The number of esters is 1. The van der Waals surface area contributed by atoms with E-state index >= 15 is 0 Å². The van der Waals surface area contributed by atoms with Gasteiger partial charge in [-0.3, -0.25) is 9.52 Å². The molecule has 0 aliphatic rings. The van der Waals surface area contributed by atoms with Crippen LogP contribution in [0.2, 0.25) is 0 Å². The summed E-state index contributed by atoms with van der Waals surface area (Å²) >= 11 is 0. The van der Waals surface area contributed by atoms with E-state index in [2.05, 4.69) is 10.0 Å². The molecule has 0 fully saturated rings. The Morgan fingerprint density at radius 1 is 1.10 bits per heavy atom. The summed E-state index contributed by atoms with van der Waals surface area (Å²) < 4.78 is 32.2. The van der Waals surface area contributed by atoms with Gasteiger partial charge in [-0.1, -0.05) is 32.0 Å². The molecule has 0 bridgehead atoms. The molecule has 0 aromatic heterocycles. The van der Waals surface area contributed by atoms with Crippen molar-refractivity contribution in [2.45, 2.75) is 31.2 Å². The summed E-state index contributed by atoms with van der Waals surface area (Å²) in [7, 11) is -3.81. The number of carbonyl (C=O) groups is 2. The molecule has 0 heterocycles. The molecule has 30 heavy (non-hydrogen) atoms. The van der Waals surface area contributed by atoms with Gasteiger partial charge in [0, 0.05) is 5.69 Å². The maximum Gasteiger partial charge on any atom is 0.338 e. The van der Waals surface area contributed by atoms with E-state index in [1.165, 1.54) is 24.3 Å². The lowest BCUT2D eigenvalue weighted by atomic mass is 9.90. The summed E-state index contributed by atoms with van der Waals surface area (Å²) in [6.07, 6.45) is 0. The van der Waals surface area contributed by atoms with E-state index < -0.39 is 34.0 Å². The highest BCUT2D eigenvalue weighted by molar-refractivity contribution is 7.92. The third-order valence-electron chi connectivity index (χ3n) is 4.55. The Hall–Kier alpha value is -3.38. The van der Waals surface area contributed by atoms with Gasteiger partial charge < -0.3 is 10.1 Å². The van der Waals surface area contributed by atoms with Crippen LogP contribution >= 0.6 is 0 Å². The molecule has 0 aliphatic carbocycles. The topological polar surface area (TPSA) is 125 Å². The van der Waals surface area contributed by atoms with E-state index in [4.69, 9.17) is 4.74 Å². The molecule has 0 saturated heterocycles. The standard InChI is InChI=1S/C21H23N3O5S/c1-15(2)21(3,14-22)23-19(25)13-29-20(26)16-9-11-18(12-10-16)30(27,28)24-17-7-5-4-6-8-17/h4-12,15,24H,13H2,1-3H3,(H,23,25)/t21-/m1/s1. The van der Waals surface area contributed by atoms with Crippen LogP contribution in [0.1, 0.15) is 31.1 Å². The number of ether oxygens (including phenoxy) is 1. The Morgan fingerprint density at radius 2 is 1.70 bits per heavy atom. The molecule has 0 unspecified atom stereocenters. The van der Waals surface area contributed by atoms with Crippen LogP contribution in [0.5, 0.6) is 0 Å². The smallest absolute Gasteiger partial charge is 0.338 e. The van der Waals surface area contributed by atoms with Crippen LogP contribution in [-0.4, -0.2) is 32.4 Å². The Morgan fingerprint density at radius 3 is 2.23 bits per heavy atom. The van der Waals surface area contributed by atoms with Gasteiger partial charge >= 0.3 is 5.97 Å². The molecule has 9 heteroatoms. The third kappa shape index (κ3) is 5.81. The van der Waals surface area contributed by atoms with Crippen molar-refractivity contribution in [2.75, 3.05) is 11.3 Å². The predicted octanol–water partition coefficient (Wildman–Crippen LogP) is 2.70. The highest BCUT2D eigenvalue weighted by Crippen LogP contribution is 2.17. The first-order valence-corrected chi connectivity index (χ1v) is 10.6. The zero-order valence-electron chi connectivity index (χ0n) is 16.9. The quantitative estimate of drug-likeness (QED) is 0.622. The summed E-state index contributed by atoms with van der Waals surface area (Å²) in [6, 6.07) is 15.6. The van der Waals surface area contributed by atoms with Crippen molar-refractivity contribution in [3.63, 3.8) is 0 Å². The zero-order chi connectivity index (χ0) is 22.4. The number of hydrogen-bond donors (Lipinski definition) is 2. The van der Waals surface area contributed by atoms with Gasteiger partial charge in [-0.05, 0) is 49.2 Å². The zero-order valence-corrected chi connectivity index (χ0v) is 17.7. The predicted molar refractivity (Wildman–Crippen MR) is 111 cm³/mol. The summed E-state index contributed by atoms with van der Waals surface area (Å²) in [5, 5.41) is 11.8. The number of benzene rings is 2. The van der Waals surface area contributed by atoms with E-state index in [-0.39, 0.29) is 16.4 Å². The van der Waals surface area contributed by atoms with Crippen molar-refractivity contribution in [1.29, 1.82) is 5.26 Å². The third-order valence-corrected chi connectivity index (χ3v) is 5.94. The van der Waals surface area contributed by atoms with Gasteiger partial charge in [0.15, 0.2) is 6.61 Å². The summed E-state index contributed by atoms with van der Waals surface area (Å²) in [5.41, 5.74) is -0.572. The molecular formula is C21H23N3O5S. The summed E-state index contributed by atoms with van der Waals surface area (Å²) in [5.74, 6) is -1.53. The maximum absolute atomic E-state index is 12.4. The number of nitriles is 1. The van der Waals surface area contributed by atoms with E-state index in [9.17, 15) is 23.3 Å². The Bertz CT molecular complexity index is 1040. The first kappa shape index (κ1) is 22.9. The molecule has 0 aliphatic heterocycles. The van der Waals surface area contributed by atoms with Crippen molar-refractivity contribution >= 4 is 27.6 Å². The van der Waals surface area contributed by atoms with Gasteiger partial charge in [-0.15, -0.1) is 0 Å². The van der Waals surface area contributed by atoms with Crippen LogP contribution < -0.4 is 10.0 Å². The number of sulfonamides is 1. The number of carbonyl (C=O) groups excluding carboxylic acids is 2. The highest BCUT2D eigenvalue weighted by atomic mass is 32.2. The van der Waals surface area contributed by atoms with Crippen LogP contribution in [0.25, 0.3) is 0 Å². The first-order chi connectivity index (χ1) is 14.1. The number of anilines is 1. The average Bonchev–Trinajstić information content (AvgIpc) is 2.72. The van der Waals surface area contributed by atoms with Crippen molar-refractivity contribution < 1.29 is 22.7 Å². The molecule has 0 radical (unpaired) electrons. The fourth-order valence-corrected chi connectivity index (χ4v) is 3.39. The van der Waals surface area contributed by atoms with Gasteiger partial charge in [0.1, 0.15) is 5.54 Å². The Balaban J connectivity index is 1.98. The normalized spacial score (nSPS) is 13.0. The van der Waals surface area contributed by atoms with E-state index in [1.54, 1.807) is 51.1 Å². The van der Waals surface area contributed by atoms with Crippen molar-refractivity contribution in [3.05, 3.63) is 60.2 Å². The van der Waals surface area contributed by atoms with E-state index in [1.807, 2.05) is 6.07 Å². The minimum absolute atomic E-state index is 0.0256. The number of amides is 1. The van der Waals surface area contributed by atoms with Crippen molar-refractivity contribution in [1.82, 2.24) is 5.32 Å². The van der Waals surface area contributed by atoms with Crippen LogP contribution in [0, 0.1) is 17.2 Å². The van der Waals surface area contributed by atoms with Gasteiger partial charge in [-0.2, -0.15) is 5.26 Å². The number of rotatable bonds is 8. The lowest BCUT2D eigenvalue weighted by Gasteiger charge is -2.27. The Labute approximate surface area is 175 Å². The highest BCUT2D eigenvalue weighted by Gasteiger charge is 2.30. The molecule has 1 atom stereocenters. The molecule has 2 N–H and O–H groups in total. The van der Waals surface area contributed by atoms with E-state index in [0.717, 1.165) is 0 Å². The lowest BCUT2D eigenvalue weighted by molar-refractivity contribution is -0.125. The number of nitrogens with zero attached hydrogens (tertiary/aromatic N) is 1.